The second kappa shape index (κ2) is 47.8. The number of nitrogens with zero attached hydrogens (tertiary/aromatic N) is 4. The Balaban J connectivity index is 0.00000132. The SMILES string of the molecule is CC(C)C=O.CC(C)CN1CC[C@@H](C)CN2C(=O)c3c(O)c(=O)c(C(=O)CCc4ccc(F)cc4F)cn3CC12.CC(C)CNCC[C@@H](C)CN.C[C@H](CC#N)CCC(=O)OC(C)(C)C.C[C@H](CCN)CCC(=O)OC(C)(C)C.Cc1ccc(S(=O)(=O)OC[C@@H](C)CCC(=O)OC(C)(C)C)cc1. The Hall–Kier alpha value is -6.49. The molecule has 102 heavy (non-hydrogen) atoms. The Labute approximate surface area is 610 Å². The summed E-state index contributed by atoms with van der Waals surface area (Å²) in [5.41, 5.74) is 9.51. The minimum absolute atomic E-state index is 0.0255. The van der Waals surface area contributed by atoms with Crippen LogP contribution in [0.4, 0.5) is 8.78 Å². The van der Waals surface area contributed by atoms with Gasteiger partial charge in [-0.25, -0.2) is 8.78 Å². The predicted octanol–water partition coefficient (Wildman–Crippen LogP) is 13.7. The van der Waals surface area contributed by atoms with Crippen molar-refractivity contribution in [1.82, 2.24) is 19.7 Å². The fraction of sp³-hybridized carbons (Fsp3) is 0.692. The number of aryl methyl sites for hydroxylation is 2. The van der Waals surface area contributed by atoms with Gasteiger partial charge in [0.25, 0.3) is 16.0 Å². The number of fused-ring (bicyclic) bond motifs is 2. The lowest BCUT2D eigenvalue weighted by Crippen LogP contribution is -2.57. The number of ether oxygens (including phenoxy) is 3. The van der Waals surface area contributed by atoms with Crippen LogP contribution in [0.25, 0.3) is 0 Å². The number of ketones is 1. The Kier molecular flexibility index (Phi) is 44.7. The molecule has 2 aliphatic rings. The van der Waals surface area contributed by atoms with E-state index in [1.54, 1.807) is 17.0 Å². The zero-order valence-electron chi connectivity index (χ0n) is 65.6. The van der Waals surface area contributed by atoms with Crippen LogP contribution in [-0.2, 0) is 60.7 Å². The second-order valence-electron chi connectivity index (χ2n) is 31.4. The molecule has 0 aliphatic carbocycles. The van der Waals surface area contributed by atoms with E-state index in [-0.39, 0.29) is 101 Å². The van der Waals surface area contributed by atoms with Crippen molar-refractivity contribution in [3.05, 3.63) is 92.9 Å². The summed E-state index contributed by atoms with van der Waals surface area (Å²) in [4.78, 5) is 87.0. The number of aldehydes is 1. The number of nitrogens with two attached hydrogens (primary N) is 2. The first-order valence-corrected chi connectivity index (χ1v) is 37.6. The van der Waals surface area contributed by atoms with Crippen LogP contribution in [0.15, 0.2) is 58.4 Å². The molecule has 1 unspecified atom stereocenters. The smallest absolute Gasteiger partial charge is 0.306 e. The maximum atomic E-state index is 14.0. The van der Waals surface area contributed by atoms with E-state index in [1.165, 1.54) is 35.4 Å². The number of aromatic nitrogens is 1. The maximum absolute atomic E-state index is 14.0. The van der Waals surface area contributed by atoms with Gasteiger partial charge < -0.3 is 50.4 Å². The predicted molar refractivity (Wildman–Crippen MR) is 399 cm³/mol. The molecule has 0 saturated carbocycles. The molecule has 0 spiro atoms. The highest BCUT2D eigenvalue weighted by Crippen LogP contribution is 2.30. The molecular formula is C78H129F2N7O14S. The van der Waals surface area contributed by atoms with E-state index in [4.69, 9.17) is 35.1 Å². The highest BCUT2D eigenvalue weighted by Gasteiger charge is 2.41. The first kappa shape index (κ1) is 95.5. The van der Waals surface area contributed by atoms with E-state index in [2.05, 4.69) is 64.8 Å². The molecule has 580 valence electrons. The van der Waals surface area contributed by atoms with Gasteiger partial charge in [-0.2, -0.15) is 13.7 Å². The van der Waals surface area contributed by atoms with Crippen LogP contribution in [0, 0.1) is 77.2 Å². The Morgan fingerprint density at radius 3 is 1.72 bits per heavy atom. The molecule has 5 rings (SSSR count). The molecule has 2 aliphatic heterocycles. The number of nitrogens with one attached hydrogen (secondary N) is 1. The number of hydrogen-bond acceptors (Lipinski definition) is 19. The lowest BCUT2D eigenvalue weighted by molar-refractivity contribution is -0.156. The van der Waals surface area contributed by atoms with Gasteiger partial charge in [0.05, 0.1) is 29.7 Å². The molecule has 1 amide bonds. The molecule has 1 aromatic heterocycles. The largest absolute Gasteiger partial charge is 0.503 e. The van der Waals surface area contributed by atoms with Crippen molar-refractivity contribution < 1.29 is 69.5 Å². The Bertz CT molecular complexity index is 3220. The first-order chi connectivity index (χ1) is 47.2. The molecule has 2 aromatic carbocycles. The molecule has 24 heteroatoms. The summed E-state index contributed by atoms with van der Waals surface area (Å²) in [5.74, 6) is -0.808. The van der Waals surface area contributed by atoms with Crippen LogP contribution in [0.5, 0.6) is 5.75 Å². The number of halogens is 2. The lowest BCUT2D eigenvalue weighted by atomic mass is 10.0. The third-order valence-electron chi connectivity index (χ3n) is 15.6. The normalized spacial score (nSPS) is 15.7. The molecule has 6 atom stereocenters. The van der Waals surface area contributed by atoms with Crippen LogP contribution < -0.4 is 22.2 Å². The minimum atomic E-state index is -3.76. The van der Waals surface area contributed by atoms with Gasteiger partial charge in [0, 0.05) is 69.9 Å². The number of Topliss-reactive ketones (excluding diaryl/α,β-unsaturated/α-hetero) is 1. The van der Waals surface area contributed by atoms with Gasteiger partial charge in [-0.3, -0.25) is 37.9 Å². The summed E-state index contributed by atoms with van der Waals surface area (Å²) in [7, 11) is -3.76. The average Bonchev–Trinajstić information content (AvgIpc) is 1.12. The lowest BCUT2D eigenvalue weighted by Gasteiger charge is -2.42. The molecule has 1 saturated heterocycles. The summed E-state index contributed by atoms with van der Waals surface area (Å²) in [6.45, 7) is 47.3. The summed E-state index contributed by atoms with van der Waals surface area (Å²) in [6, 6.07) is 11.7. The highest BCUT2D eigenvalue weighted by atomic mass is 32.2. The van der Waals surface area contributed by atoms with Crippen molar-refractivity contribution in [1.29, 1.82) is 5.26 Å². The van der Waals surface area contributed by atoms with Gasteiger partial charge >= 0.3 is 17.9 Å². The average molecular weight is 1460 g/mol. The first-order valence-electron chi connectivity index (χ1n) is 36.2. The van der Waals surface area contributed by atoms with Gasteiger partial charge in [0.15, 0.2) is 17.2 Å². The molecule has 1 fully saturated rings. The fourth-order valence-electron chi connectivity index (χ4n) is 9.91. The Morgan fingerprint density at radius 2 is 1.25 bits per heavy atom. The van der Waals surface area contributed by atoms with Crippen molar-refractivity contribution in [2.45, 2.75) is 257 Å². The summed E-state index contributed by atoms with van der Waals surface area (Å²) < 4.78 is 73.4. The highest BCUT2D eigenvalue weighted by molar-refractivity contribution is 7.86. The number of rotatable bonds is 29. The maximum Gasteiger partial charge on any atom is 0.306 e. The van der Waals surface area contributed by atoms with E-state index in [9.17, 15) is 55.9 Å². The van der Waals surface area contributed by atoms with Crippen LogP contribution in [0.2, 0.25) is 0 Å². The number of nitriles is 1. The van der Waals surface area contributed by atoms with Crippen molar-refractivity contribution in [2.75, 3.05) is 52.4 Å². The molecule has 0 bridgehead atoms. The molecule has 6 N–H and O–H groups in total. The second-order valence-corrected chi connectivity index (χ2v) is 33.0. The van der Waals surface area contributed by atoms with Crippen LogP contribution in [0.1, 0.15) is 241 Å². The van der Waals surface area contributed by atoms with E-state index in [0.29, 0.717) is 63.1 Å². The zero-order valence-corrected chi connectivity index (χ0v) is 66.4. The molecule has 0 radical (unpaired) electrons. The van der Waals surface area contributed by atoms with Crippen molar-refractivity contribution >= 4 is 46.0 Å². The quantitative estimate of drug-likeness (QED) is 0.0125. The number of benzene rings is 2. The minimum Gasteiger partial charge on any atom is -0.503 e. The zero-order chi connectivity index (χ0) is 78.5. The van der Waals surface area contributed by atoms with E-state index in [1.807, 2.05) is 96.9 Å². The number of hydrogen-bond donors (Lipinski definition) is 4. The number of amides is 1. The monoisotopic (exact) mass is 1460 g/mol. The van der Waals surface area contributed by atoms with Crippen LogP contribution >= 0.6 is 0 Å². The summed E-state index contributed by atoms with van der Waals surface area (Å²) in [6.07, 6.45) is 8.64. The van der Waals surface area contributed by atoms with Gasteiger partial charge in [-0.15, -0.1) is 0 Å². The standard InChI is InChI=1S/C26H31F2N3O4.C17H26O5S.C11H23NO2.C11H19NO2.C9H22N2.C4H8O/c1-15(2)11-29-9-8-16(3)12-31-22(29)14-30-13-19(24(33)25(34)23(30)26(31)35)21(32)7-5-17-4-6-18(27)10-20(17)28;1-13-6-9-15(10-7-13)23(19,20)21-12-14(2)8-11-16(18)22-17(3,4)5;2*1-9(7-8-12)5-6-10(13)14-11(2,3)4;1-8(2)7-11-5-4-9(3)6-10;1-4(2)3-5/h4,6,10,13,15-16,22,34H,5,7-9,11-12,14H2,1-3H3;6-7,9-10,14H,8,11-12H2,1-5H3;9H,5-8,12H2,1-4H3;9H,5-7H2,1-4H3;8-9,11H,4-7,10H2,1-3H3;3-4H,1-2H3/t16-,22?;14-;3*9-;/m10001./s1. The van der Waals surface area contributed by atoms with Crippen LogP contribution in [-0.4, -0.2) is 139 Å². The van der Waals surface area contributed by atoms with Gasteiger partial charge in [-0.1, -0.05) is 99.9 Å². The third-order valence-corrected chi connectivity index (χ3v) is 16.9. The topological polar surface area (TPSA) is 310 Å². The number of carbonyl (C=O) groups is 6. The molecule has 21 nitrogen and oxygen atoms in total. The third kappa shape index (κ3) is 42.3. The van der Waals surface area contributed by atoms with Crippen molar-refractivity contribution in [3.63, 3.8) is 0 Å². The van der Waals surface area contributed by atoms with E-state index < -0.39 is 55.8 Å². The van der Waals surface area contributed by atoms with Crippen molar-refractivity contribution in [3.8, 4) is 11.8 Å². The molecule has 3 aromatic rings. The summed E-state index contributed by atoms with van der Waals surface area (Å²) in [5, 5.41) is 22.5. The van der Waals surface area contributed by atoms with Gasteiger partial charge in [0.2, 0.25) is 5.43 Å². The fourth-order valence-corrected chi connectivity index (χ4v) is 10.9. The molecular weight excluding hydrogens is 1330 g/mol. The van der Waals surface area contributed by atoms with E-state index in [0.717, 1.165) is 88.3 Å². The van der Waals surface area contributed by atoms with E-state index >= 15 is 0 Å². The van der Waals surface area contributed by atoms with Crippen molar-refractivity contribution in [2.24, 2.45) is 58.8 Å². The molecule has 3 heterocycles. The number of pyridine rings is 1. The van der Waals surface area contributed by atoms with Gasteiger partial charge in [0.1, 0.15) is 40.9 Å². The number of aromatic hydroxyl groups is 1. The summed E-state index contributed by atoms with van der Waals surface area (Å²) >= 11 is 0. The number of esters is 3. The number of carbonyl (C=O) groups excluding carboxylic acids is 6. The van der Waals surface area contributed by atoms with Gasteiger partial charge in [-0.05, 0) is 206 Å². The van der Waals surface area contributed by atoms with Crippen LogP contribution in [0.3, 0.4) is 0 Å². The Morgan fingerprint density at radius 1 is 0.735 bits per heavy atom.